The van der Waals surface area contributed by atoms with Gasteiger partial charge in [0.2, 0.25) is 0 Å². The summed E-state index contributed by atoms with van der Waals surface area (Å²) in [5, 5.41) is 0. The summed E-state index contributed by atoms with van der Waals surface area (Å²) in [6, 6.07) is 0.116. The van der Waals surface area contributed by atoms with Crippen molar-refractivity contribution < 1.29 is 4.79 Å². The smallest absolute Gasteiger partial charge is 0.152 e. The van der Waals surface area contributed by atoms with Crippen LogP contribution in [0.4, 0.5) is 0 Å². The van der Waals surface area contributed by atoms with Crippen LogP contribution in [0.2, 0.25) is 0 Å². The maximum absolute atomic E-state index is 12.1. The van der Waals surface area contributed by atoms with Gasteiger partial charge < -0.3 is 0 Å². The van der Waals surface area contributed by atoms with Crippen molar-refractivity contribution in [3.63, 3.8) is 0 Å². The highest BCUT2D eigenvalue weighted by molar-refractivity contribution is 5.85. The Morgan fingerprint density at radius 1 is 1.27 bits per heavy atom. The van der Waals surface area contributed by atoms with Crippen LogP contribution in [0.3, 0.4) is 0 Å². The zero-order chi connectivity index (χ0) is 11.6. The standard InChI is InChI=1S/C13H25NO/c1-9(2)12(13(15)10(3)4)14(5)8-11-6-7-11/h9-12H,6-8H2,1-5H3. The highest BCUT2D eigenvalue weighted by Crippen LogP contribution is 2.30. The Morgan fingerprint density at radius 2 is 1.80 bits per heavy atom. The third kappa shape index (κ3) is 3.60. The lowest BCUT2D eigenvalue weighted by Gasteiger charge is -2.31. The summed E-state index contributed by atoms with van der Waals surface area (Å²) >= 11 is 0. The van der Waals surface area contributed by atoms with Gasteiger partial charge in [-0.25, -0.2) is 0 Å². The SMILES string of the molecule is CC(C)C(=O)C(C(C)C)N(C)CC1CC1. The van der Waals surface area contributed by atoms with E-state index in [0.29, 0.717) is 11.7 Å². The summed E-state index contributed by atoms with van der Waals surface area (Å²) in [6.07, 6.45) is 2.70. The normalized spacial score (nSPS) is 18.9. The van der Waals surface area contributed by atoms with E-state index in [1.54, 1.807) is 0 Å². The first-order chi connectivity index (χ1) is 6.93. The minimum atomic E-state index is 0.116. The van der Waals surface area contributed by atoms with E-state index in [0.717, 1.165) is 12.5 Å². The molecule has 15 heavy (non-hydrogen) atoms. The molecule has 1 aliphatic carbocycles. The molecule has 0 aromatic carbocycles. The zero-order valence-corrected chi connectivity index (χ0v) is 10.8. The second-order valence-electron chi connectivity index (χ2n) is 5.63. The molecule has 88 valence electrons. The monoisotopic (exact) mass is 211 g/mol. The summed E-state index contributed by atoms with van der Waals surface area (Å²) in [7, 11) is 2.10. The maximum atomic E-state index is 12.1. The lowest BCUT2D eigenvalue weighted by molar-refractivity contribution is -0.128. The molecule has 1 fully saturated rings. The van der Waals surface area contributed by atoms with E-state index in [9.17, 15) is 4.79 Å². The molecule has 2 nitrogen and oxygen atoms in total. The first-order valence-electron chi connectivity index (χ1n) is 6.17. The molecular weight excluding hydrogens is 186 g/mol. The highest BCUT2D eigenvalue weighted by Gasteiger charge is 2.31. The average Bonchev–Trinajstić information content (AvgIpc) is 2.87. The van der Waals surface area contributed by atoms with Crippen molar-refractivity contribution in [3.05, 3.63) is 0 Å². The number of likely N-dealkylation sites (N-methyl/N-ethyl adjacent to an activating group) is 1. The molecule has 0 amide bonds. The molecule has 1 unspecified atom stereocenters. The van der Waals surface area contributed by atoms with Gasteiger partial charge in [-0.1, -0.05) is 27.7 Å². The fraction of sp³-hybridized carbons (Fsp3) is 0.923. The lowest BCUT2D eigenvalue weighted by Crippen LogP contribution is -2.45. The minimum absolute atomic E-state index is 0.116. The molecule has 0 aromatic rings. The number of carbonyl (C=O) groups is 1. The van der Waals surface area contributed by atoms with E-state index in [1.807, 2.05) is 13.8 Å². The lowest BCUT2D eigenvalue weighted by atomic mass is 9.92. The van der Waals surface area contributed by atoms with Crippen LogP contribution in [-0.4, -0.2) is 30.3 Å². The highest BCUT2D eigenvalue weighted by atomic mass is 16.1. The van der Waals surface area contributed by atoms with Crippen molar-refractivity contribution in [1.29, 1.82) is 0 Å². The second-order valence-corrected chi connectivity index (χ2v) is 5.63. The van der Waals surface area contributed by atoms with E-state index >= 15 is 0 Å². The first kappa shape index (κ1) is 12.7. The zero-order valence-electron chi connectivity index (χ0n) is 10.8. The Hall–Kier alpha value is -0.370. The van der Waals surface area contributed by atoms with Crippen LogP contribution >= 0.6 is 0 Å². The molecule has 1 atom stereocenters. The van der Waals surface area contributed by atoms with Gasteiger partial charge in [0.1, 0.15) is 0 Å². The van der Waals surface area contributed by atoms with Crippen molar-refractivity contribution in [3.8, 4) is 0 Å². The fourth-order valence-corrected chi connectivity index (χ4v) is 2.22. The summed E-state index contributed by atoms with van der Waals surface area (Å²) in [6.45, 7) is 9.40. The Kier molecular flexibility index (Phi) is 4.32. The van der Waals surface area contributed by atoms with Crippen LogP contribution in [0.5, 0.6) is 0 Å². The molecule has 1 aliphatic rings. The third-order valence-corrected chi connectivity index (χ3v) is 3.21. The molecule has 0 heterocycles. The van der Waals surface area contributed by atoms with Crippen LogP contribution in [0.15, 0.2) is 0 Å². The van der Waals surface area contributed by atoms with Crippen molar-refractivity contribution in [2.45, 2.75) is 46.6 Å². The molecular formula is C13H25NO. The fourth-order valence-electron chi connectivity index (χ4n) is 2.22. The molecule has 0 bridgehead atoms. The third-order valence-electron chi connectivity index (χ3n) is 3.21. The molecule has 1 saturated carbocycles. The van der Waals surface area contributed by atoms with Crippen molar-refractivity contribution >= 4 is 5.78 Å². The predicted octanol–water partition coefficient (Wildman–Crippen LogP) is 2.58. The van der Waals surface area contributed by atoms with E-state index < -0.39 is 0 Å². The van der Waals surface area contributed by atoms with Crippen LogP contribution in [0.1, 0.15) is 40.5 Å². The molecule has 0 saturated heterocycles. The first-order valence-corrected chi connectivity index (χ1v) is 6.17. The van der Waals surface area contributed by atoms with Gasteiger partial charge in [-0.05, 0) is 31.7 Å². The topological polar surface area (TPSA) is 20.3 Å². The molecule has 0 aromatic heterocycles. The van der Waals surface area contributed by atoms with Gasteiger partial charge in [0.25, 0.3) is 0 Å². The van der Waals surface area contributed by atoms with Gasteiger partial charge in [-0.15, -0.1) is 0 Å². The Labute approximate surface area is 94.0 Å². The van der Waals surface area contributed by atoms with Gasteiger partial charge in [-0.3, -0.25) is 9.69 Å². The van der Waals surface area contributed by atoms with Crippen LogP contribution in [0, 0.1) is 17.8 Å². The Balaban J connectivity index is 2.58. The quantitative estimate of drug-likeness (QED) is 0.673. The molecule has 0 N–H and O–H groups in total. The van der Waals surface area contributed by atoms with E-state index in [-0.39, 0.29) is 12.0 Å². The minimum Gasteiger partial charge on any atom is -0.298 e. The van der Waals surface area contributed by atoms with Gasteiger partial charge >= 0.3 is 0 Å². The molecule has 2 heteroatoms. The van der Waals surface area contributed by atoms with E-state index in [4.69, 9.17) is 0 Å². The van der Waals surface area contributed by atoms with Gasteiger partial charge in [0.15, 0.2) is 5.78 Å². The van der Waals surface area contributed by atoms with Gasteiger partial charge in [-0.2, -0.15) is 0 Å². The van der Waals surface area contributed by atoms with Crippen molar-refractivity contribution in [2.24, 2.45) is 17.8 Å². The van der Waals surface area contributed by atoms with E-state index in [2.05, 4.69) is 25.8 Å². The number of rotatable bonds is 6. The molecule has 0 radical (unpaired) electrons. The summed E-state index contributed by atoms with van der Waals surface area (Å²) < 4.78 is 0. The van der Waals surface area contributed by atoms with E-state index in [1.165, 1.54) is 12.8 Å². The van der Waals surface area contributed by atoms with Crippen LogP contribution < -0.4 is 0 Å². The van der Waals surface area contributed by atoms with Gasteiger partial charge in [0, 0.05) is 12.5 Å². The number of carbonyl (C=O) groups excluding carboxylic acids is 1. The van der Waals surface area contributed by atoms with Gasteiger partial charge in [0.05, 0.1) is 6.04 Å². The van der Waals surface area contributed by atoms with Crippen molar-refractivity contribution in [2.75, 3.05) is 13.6 Å². The largest absolute Gasteiger partial charge is 0.298 e. The number of Topliss-reactive ketones (excluding diaryl/α,β-unsaturated/α-hetero) is 1. The number of hydrogen-bond donors (Lipinski definition) is 0. The number of hydrogen-bond acceptors (Lipinski definition) is 2. The second kappa shape index (κ2) is 5.11. The Bertz CT molecular complexity index is 219. The summed E-state index contributed by atoms with van der Waals surface area (Å²) in [4.78, 5) is 14.4. The maximum Gasteiger partial charge on any atom is 0.152 e. The molecule has 1 rings (SSSR count). The van der Waals surface area contributed by atoms with Crippen LogP contribution in [0.25, 0.3) is 0 Å². The summed E-state index contributed by atoms with van der Waals surface area (Å²) in [5.41, 5.74) is 0. The molecule has 0 spiro atoms. The average molecular weight is 211 g/mol. The number of nitrogens with zero attached hydrogens (tertiary/aromatic N) is 1. The number of ketones is 1. The van der Waals surface area contributed by atoms with Crippen molar-refractivity contribution in [1.82, 2.24) is 4.90 Å². The summed E-state index contributed by atoms with van der Waals surface area (Å²) in [5.74, 6) is 1.83. The molecule has 0 aliphatic heterocycles. The Morgan fingerprint density at radius 3 is 2.13 bits per heavy atom. The van der Waals surface area contributed by atoms with Crippen LogP contribution in [-0.2, 0) is 4.79 Å². The predicted molar refractivity (Wildman–Crippen MR) is 63.8 cm³/mol.